The van der Waals surface area contributed by atoms with Crippen molar-refractivity contribution in [3.8, 4) is 0 Å². The first kappa shape index (κ1) is 12.2. The standard InChI is InChI=1S/C8H11ClN2O3S/c1-5(2)11-15(13,14)6-3-7(9)8(12)10-4-6/h3-5,11H,1-2H3,(H,10,12). The van der Waals surface area contributed by atoms with E-state index in [0.29, 0.717) is 0 Å². The molecule has 0 bridgehead atoms. The Bertz CT molecular complexity index is 507. The molecule has 84 valence electrons. The smallest absolute Gasteiger partial charge is 0.266 e. The first-order valence-electron chi connectivity index (χ1n) is 4.23. The highest BCUT2D eigenvalue weighted by Crippen LogP contribution is 2.10. The molecular formula is C8H11ClN2O3S. The van der Waals surface area contributed by atoms with Crippen molar-refractivity contribution in [2.24, 2.45) is 0 Å². The van der Waals surface area contributed by atoms with Gasteiger partial charge >= 0.3 is 0 Å². The summed E-state index contributed by atoms with van der Waals surface area (Å²) in [6.45, 7) is 3.40. The quantitative estimate of drug-likeness (QED) is 0.830. The van der Waals surface area contributed by atoms with Crippen molar-refractivity contribution < 1.29 is 8.42 Å². The second-order valence-electron chi connectivity index (χ2n) is 3.29. The summed E-state index contributed by atoms with van der Waals surface area (Å²) in [7, 11) is -3.60. The number of H-pyrrole nitrogens is 1. The van der Waals surface area contributed by atoms with E-state index in [1.807, 2.05) is 0 Å². The van der Waals surface area contributed by atoms with Crippen LogP contribution in [0.25, 0.3) is 0 Å². The van der Waals surface area contributed by atoms with Gasteiger partial charge in [0.25, 0.3) is 5.56 Å². The zero-order valence-corrected chi connectivity index (χ0v) is 9.82. The van der Waals surface area contributed by atoms with E-state index in [9.17, 15) is 13.2 Å². The molecule has 0 aliphatic carbocycles. The first-order chi connectivity index (χ1) is 6.83. The van der Waals surface area contributed by atoms with Gasteiger partial charge in [0, 0.05) is 12.2 Å². The van der Waals surface area contributed by atoms with Gasteiger partial charge < -0.3 is 4.98 Å². The summed E-state index contributed by atoms with van der Waals surface area (Å²) in [4.78, 5) is 13.1. The van der Waals surface area contributed by atoms with Crippen LogP contribution in [0.3, 0.4) is 0 Å². The van der Waals surface area contributed by atoms with Crippen molar-refractivity contribution in [3.05, 3.63) is 27.6 Å². The Morgan fingerprint density at radius 1 is 1.47 bits per heavy atom. The van der Waals surface area contributed by atoms with Crippen molar-refractivity contribution >= 4 is 21.6 Å². The van der Waals surface area contributed by atoms with Crippen LogP contribution in [0.4, 0.5) is 0 Å². The fourth-order valence-corrected chi connectivity index (χ4v) is 2.45. The van der Waals surface area contributed by atoms with Gasteiger partial charge in [0.05, 0.1) is 4.90 Å². The van der Waals surface area contributed by atoms with Gasteiger partial charge in [-0.15, -0.1) is 0 Å². The highest BCUT2D eigenvalue weighted by Gasteiger charge is 2.16. The molecule has 1 aromatic rings. The molecule has 0 saturated heterocycles. The second kappa shape index (κ2) is 4.34. The molecule has 1 aromatic heterocycles. The van der Waals surface area contributed by atoms with E-state index in [1.165, 1.54) is 0 Å². The maximum atomic E-state index is 11.6. The molecule has 0 unspecified atom stereocenters. The summed E-state index contributed by atoms with van der Waals surface area (Å²) < 4.78 is 25.6. The number of aromatic amines is 1. The Labute approximate surface area is 92.5 Å². The number of nitrogens with one attached hydrogen (secondary N) is 2. The summed E-state index contributed by atoms with van der Waals surface area (Å²) in [6.07, 6.45) is 1.11. The van der Waals surface area contributed by atoms with Gasteiger partial charge in [-0.2, -0.15) is 0 Å². The number of pyridine rings is 1. The number of hydrogen-bond donors (Lipinski definition) is 2. The van der Waals surface area contributed by atoms with Crippen molar-refractivity contribution in [2.75, 3.05) is 0 Å². The largest absolute Gasteiger partial charge is 0.326 e. The van der Waals surface area contributed by atoms with Crippen molar-refractivity contribution in [1.29, 1.82) is 0 Å². The van der Waals surface area contributed by atoms with Crippen molar-refractivity contribution in [3.63, 3.8) is 0 Å². The fourth-order valence-electron chi connectivity index (χ4n) is 0.971. The third kappa shape index (κ3) is 3.05. The minimum absolute atomic E-state index is 0.0548. The third-order valence-corrected chi connectivity index (χ3v) is 3.45. The second-order valence-corrected chi connectivity index (χ2v) is 5.41. The average molecular weight is 251 g/mol. The van der Waals surface area contributed by atoms with E-state index < -0.39 is 15.6 Å². The van der Waals surface area contributed by atoms with Gasteiger partial charge in [0.15, 0.2) is 0 Å². The zero-order chi connectivity index (χ0) is 11.6. The molecule has 0 radical (unpaired) electrons. The maximum Gasteiger partial charge on any atom is 0.266 e. The molecule has 0 aliphatic rings. The molecule has 7 heteroatoms. The maximum absolute atomic E-state index is 11.6. The molecule has 0 aromatic carbocycles. The Morgan fingerprint density at radius 3 is 2.53 bits per heavy atom. The zero-order valence-electron chi connectivity index (χ0n) is 8.24. The molecule has 0 aliphatic heterocycles. The van der Waals surface area contributed by atoms with Crippen LogP contribution in [-0.4, -0.2) is 19.4 Å². The van der Waals surface area contributed by atoms with Crippen molar-refractivity contribution in [1.82, 2.24) is 9.71 Å². The molecule has 2 N–H and O–H groups in total. The molecule has 1 heterocycles. The molecule has 0 atom stereocenters. The lowest BCUT2D eigenvalue weighted by atomic mass is 10.4. The van der Waals surface area contributed by atoms with Crippen LogP contribution in [0.1, 0.15) is 13.8 Å². The molecule has 5 nitrogen and oxygen atoms in total. The predicted octanol–water partition coefficient (Wildman–Crippen LogP) is 0.715. The third-order valence-electron chi connectivity index (χ3n) is 1.53. The van der Waals surface area contributed by atoms with E-state index >= 15 is 0 Å². The van der Waals surface area contributed by atoms with E-state index in [1.54, 1.807) is 13.8 Å². The lowest BCUT2D eigenvalue weighted by molar-refractivity contribution is 0.569. The molecule has 1 rings (SSSR count). The lowest BCUT2D eigenvalue weighted by Crippen LogP contribution is -2.30. The molecule has 15 heavy (non-hydrogen) atoms. The van der Waals surface area contributed by atoms with E-state index in [4.69, 9.17) is 11.6 Å². The molecule has 0 fully saturated rings. The molecular weight excluding hydrogens is 240 g/mol. The van der Waals surface area contributed by atoms with Gasteiger partial charge in [0.2, 0.25) is 10.0 Å². The van der Waals surface area contributed by atoms with Gasteiger partial charge in [-0.1, -0.05) is 11.6 Å². The monoisotopic (exact) mass is 250 g/mol. The van der Waals surface area contributed by atoms with E-state index in [-0.39, 0.29) is 16.0 Å². The Kier molecular flexibility index (Phi) is 3.54. The Balaban J connectivity index is 3.17. The van der Waals surface area contributed by atoms with Crippen LogP contribution in [0.15, 0.2) is 22.0 Å². The average Bonchev–Trinajstić information content (AvgIpc) is 2.07. The number of halogens is 1. The number of aromatic nitrogens is 1. The van der Waals surface area contributed by atoms with Crippen LogP contribution in [0.5, 0.6) is 0 Å². The first-order valence-corrected chi connectivity index (χ1v) is 6.09. The summed E-state index contributed by atoms with van der Waals surface area (Å²) in [5.41, 5.74) is -0.514. The molecule has 0 spiro atoms. The number of sulfonamides is 1. The van der Waals surface area contributed by atoms with Gasteiger partial charge in [0.1, 0.15) is 5.02 Å². The Hall–Kier alpha value is -0.850. The van der Waals surface area contributed by atoms with Gasteiger partial charge in [-0.3, -0.25) is 4.79 Å². The Morgan fingerprint density at radius 2 is 2.07 bits per heavy atom. The fraction of sp³-hybridized carbons (Fsp3) is 0.375. The van der Waals surface area contributed by atoms with Crippen LogP contribution < -0.4 is 10.3 Å². The highest BCUT2D eigenvalue weighted by atomic mass is 35.5. The summed E-state index contributed by atoms with van der Waals surface area (Å²) in [5, 5.41) is -0.151. The summed E-state index contributed by atoms with van der Waals surface area (Å²) in [5.74, 6) is 0. The van der Waals surface area contributed by atoms with E-state index in [0.717, 1.165) is 12.3 Å². The van der Waals surface area contributed by atoms with Crippen LogP contribution in [0.2, 0.25) is 5.02 Å². The number of hydrogen-bond acceptors (Lipinski definition) is 3. The van der Waals surface area contributed by atoms with Crippen LogP contribution in [0, 0.1) is 0 Å². The predicted molar refractivity (Wildman–Crippen MR) is 57.5 cm³/mol. The lowest BCUT2D eigenvalue weighted by Gasteiger charge is -2.08. The highest BCUT2D eigenvalue weighted by molar-refractivity contribution is 7.89. The SMILES string of the molecule is CC(C)NS(=O)(=O)c1c[nH]c(=O)c(Cl)c1. The number of rotatable bonds is 3. The topological polar surface area (TPSA) is 79.0 Å². The van der Waals surface area contributed by atoms with Gasteiger partial charge in [-0.05, 0) is 19.9 Å². The minimum atomic E-state index is -3.60. The van der Waals surface area contributed by atoms with Gasteiger partial charge in [-0.25, -0.2) is 13.1 Å². The van der Waals surface area contributed by atoms with Crippen molar-refractivity contribution in [2.45, 2.75) is 24.8 Å². The summed E-state index contributed by atoms with van der Waals surface area (Å²) >= 11 is 5.52. The normalized spacial score (nSPS) is 12.0. The summed E-state index contributed by atoms with van der Waals surface area (Å²) in [6, 6.07) is 0.895. The van der Waals surface area contributed by atoms with Crippen LogP contribution in [-0.2, 0) is 10.0 Å². The molecule has 0 amide bonds. The van der Waals surface area contributed by atoms with E-state index in [2.05, 4.69) is 9.71 Å². The molecule has 0 saturated carbocycles. The minimum Gasteiger partial charge on any atom is -0.326 e. The van der Waals surface area contributed by atoms with Crippen LogP contribution >= 0.6 is 11.6 Å².